The summed E-state index contributed by atoms with van der Waals surface area (Å²) in [6.07, 6.45) is 5.43. The number of aromatic nitrogens is 2. The fourth-order valence-electron chi connectivity index (χ4n) is 3.83. The van der Waals surface area contributed by atoms with Gasteiger partial charge in [0.05, 0.1) is 12.5 Å². The molecule has 6 nitrogen and oxygen atoms in total. The third-order valence-electron chi connectivity index (χ3n) is 5.27. The third-order valence-corrected chi connectivity index (χ3v) is 5.27. The summed E-state index contributed by atoms with van der Waals surface area (Å²) < 4.78 is 6.65. The van der Waals surface area contributed by atoms with Gasteiger partial charge in [0.2, 0.25) is 0 Å². The van der Waals surface area contributed by atoms with Gasteiger partial charge in [-0.15, -0.1) is 0 Å². The summed E-state index contributed by atoms with van der Waals surface area (Å²) in [6, 6.07) is 14.4. The first-order valence-electron chi connectivity index (χ1n) is 9.65. The van der Waals surface area contributed by atoms with Crippen LogP contribution in [0.25, 0.3) is 16.5 Å². The molecule has 2 aromatic carbocycles. The summed E-state index contributed by atoms with van der Waals surface area (Å²) in [5, 5.41) is 8.58. The van der Waals surface area contributed by atoms with Gasteiger partial charge in [0.25, 0.3) is 11.5 Å². The number of ether oxygens (including phenoxy) is 1. The predicted molar refractivity (Wildman–Crippen MR) is 108 cm³/mol. The third kappa shape index (κ3) is 3.38. The largest absolute Gasteiger partial charge is 0.494 e. The maximum Gasteiger partial charge on any atom is 0.279 e. The molecule has 0 aliphatic heterocycles. The second kappa shape index (κ2) is 7.84. The lowest BCUT2D eigenvalue weighted by atomic mass is 9.95. The first-order chi connectivity index (χ1) is 13.7. The van der Waals surface area contributed by atoms with Crippen LogP contribution in [0.3, 0.4) is 0 Å². The molecule has 1 aliphatic carbocycles. The molecular weight excluding hydrogens is 354 g/mol. The molecule has 1 aliphatic rings. The molecule has 1 aromatic heterocycles. The topological polar surface area (TPSA) is 73.2 Å². The molecule has 0 bridgehead atoms. The van der Waals surface area contributed by atoms with E-state index in [0.29, 0.717) is 22.2 Å². The molecule has 4 rings (SSSR count). The van der Waals surface area contributed by atoms with Gasteiger partial charge in [-0.1, -0.05) is 49.6 Å². The Labute approximate surface area is 163 Å². The van der Waals surface area contributed by atoms with E-state index in [-0.39, 0.29) is 23.2 Å². The van der Waals surface area contributed by atoms with E-state index >= 15 is 0 Å². The van der Waals surface area contributed by atoms with Crippen molar-refractivity contribution in [3.05, 3.63) is 64.6 Å². The van der Waals surface area contributed by atoms with Gasteiger partial charge in [-0.25, -0.2) is 0 Å². The smallest absolute Gasteiger partial charge is 0.279 e. The molecule has 0 unspecified atom stereocenters. The number of fused-ring (bicyclic) bond motifs is 1. The monoisotopic (exact) mass is 377 g/mol. The zero-order valence-corrected chi connectivity index (χ0v) is 15.9. The van der Waals surface area contributed by atoms with Crippen LogP contribution in [0.1, 0.15) is 42.6 Å². The van der Waals surface area contributed by atoms with Crippen LogP contribution in [0.2, 0.25) is 0 Å². The van der Waals surface area contributed by atoms with E-state index in [1.165, 1.54) is 11.1 Å². The molecule has 3 aromatic rings. The Hall–Kier alpha value is -3.15. The lowest BCUT2D eigenvalue weighted by Crippen LogP contribution is -2.38. The Balaban J connectivity index is 1.85. The van der Waals surface area contributed by atoms with E-state index in [2.05, 4.69) is 10.4 Å². The SMILES string of the molecule is COc1ccccc1-n1nc(C(=O)NC2CCCCC2)c2ccccc2c1=O. The average molecular weight is 377 g/mol. The zero-order chi connectivity index (χ0) is 19.5. The van der Waals surface area contributed by atoms with Gasteiger partial charge < -0.3 is 10.1 Å². The Morgan fingerprint density at radius 3 is 2.46 bits per heavy atom. The fourth-order valence-corrected chi connectivity index (χ4v) is 3.83. The maximum absolute atomic E-state index is 13.1. The van der Waals surface area contributed by atoms with E-state index in [4.69, 9.17) is 4.74 Å². The number of methoxy groups -OCH3 is 1. The van der Waals surface area contributed by atoms with Crippen molar-refractivity contribution in [1.29, 1.82) is 0 Å². The molecule has 6 heteroatoms. The molecule has 1 heterocycles. The molecule has 1 fully saturated rings. The van der Waals surface area contributed by atoms with E-state index in [0.717, 1.165) is 25.7 Å². The normalized spacial score (nSPS) is 14.8. The molecule has 0 radical (unpaired) electrons. The van der Waals surface area contributed by atoms with Crippen molar-refractivity contribution < 1.29 is 9.53 Å². The van der Waals surface area contributed by atoms with E-state index in [1.54, 1.807) is 37.4 Å². The van der Waals surface area contributed by atoms with E-state index in [1.807, 2.05) is 18.2 Å². The number of carbonyl (C=O) groups excluding carboxylic acids is 1. The molecule has 144 valence electrons. The quantitative estimate of drug-likeness (QED) is 0.756. The summed E-state index contributed by atoms with van der Waals surface area (Å²) in [5.74, 6) is 0.276. The van der Waals surface area contributed by atoms with Crippen LogP contribution in [-0.2, 0) is 0 Å². The van der Waals surface area contributed by atoms with Gasteiger partial charge in [-0.05, 0) is 31.0 Å². The maximum atomic E-state index is 13.1. The highest BCUT2D eigenvalue weighted by molar-refractivity contribution is 6.05. The summed E-state index contributed by atoms with van der Waals surface area (Å²) in [6.45, 7) is 0. The minimum absolute atomic E-state index is 0.161. The van der Waals surface area contributed by atoms with Gasteiger partial charge in [-0.3, -0.25) is 9.59 Å². The summed E-state index contributed by atoms with van der Waals surface area (Å²) in [4.78, 5) is 26.1. The summed E-state index contributed by atoms with van der Waals surface area (Å²) >= 11 is 0. The van der Waals surface area contributed by atoms with Gasteiger partial charge in [0, 0.05) is 11.4 Å². The van der Waals surface area contributed by atoms with Crippen molar-refractivity contribution in [3.8, 4) is 11.4 Å². The highest BCUT2D eigenvalue weighted by Gasteiger charge is 2.22. The lowest BCUT2D eigenvalue weighted by molar-refractivity contribution is 0.0923. The fraction of sp³-hybridized carbons (Fsp3) is 0.318. The van der Waals surface area contributed by atoms with Crippen LogP contribution in [-0.4, -0.2) is 28.8 Å². The van der Waals surface area contributed by atoms with Gasteiger partial charge >= 0.3 is 0 Å². The van der Waals surface area contributed by atoms with Crippen molar-refractivity contribution in [1.82, 2.24) is 15.1 Å². The van der Waals surface area contributed by atoms with E-state index < -0.39 is 0 Å². The molecular formula is C22H23N3O3. The van der Waals surface area contributed by atoms with Crippen molar-refractivity contribution in [3.63, 3.8) is 0 Å². The number of amides is 1. The van der Waals surface area contributed by atoms with Gasteiger partial charge in [-0.2, -0.15) is 9.78 Å². The Morgan fingerprint density at radius 2 is 1.71 bits per heavy atom. The Bertz CT molecular complexity index is 1070. The summed E-state index contributed by atoms with van der Waals surface area (Å²) in [5.41, 5.74) is 0.480. The minimum Gasteiger partial charge on any atom is -0.494 e. The predicted octanol–water partition coefficient (Wildman–Crippen LogP) is 3.46. The highest BCUT2D eigenvalue weighted by Crippen LogP contribution is 2.23. The van der Waals surface area contributed by atoms with Gasteiger partial charge in [0.1, 0.15) is 11.4 Å². The number of nitrogens with one attached hydrogen (secondary N) is 1. The number of carbonyl (C=O) groups is 1. The Morgan fingerprint density at radius 1 is 1.04 bits per heavy atom. The molecule has 0 spiro atoms. The first-order valence-corrected chi connectivity index (χ1v) is 9.65. The van der Waals surface area contributed by atoms with Crippen LogP contribution in [0.5, 0.6) is 5.75 Å². The standard InChI is InChI=1S/C22H23N3O3/c1-28-19-14-8-7-13-18(19)25-22(27)17-12-6-5-11-16(17)20(24-25)21(26)23-15-9-3-2-4-10-15/h5-8,11-15H,2-4,9-10H2,1H3,(H,23,26). The molecule has 28 heavy (non-hydrogen) atoms. The van der Waals surface area contributed by atoms with Crippen molar-refractivity contribution >= 4 is 16.7 Å². The molecule has 1 amide bonds. The number of nitrogens with zero attached hydrogens (tertiary/aromatic N) is 2. The summed E-state index contributed by atoms with van der Waals surface area (Å²) in [7, 11) is 1.54. The second-order valence-electron chi connectivity index (χ2n) is 7.09. The lowest BCUT2D eigenvalue weighted by Gasteiger charge is -2.23. The molecule has 0 saturated heterocycles. The number of hydrogen-bond donors (Lipinski definition) is 1. The van der Waals surface area contributed by atoms with Crippen molar-refractivity contribution in [2.75, 3.05) is 7.11 Å². The van der Waals surface area contributed by atoms with Crippen LogP contribution in [0.4, 0.5) is 0 Å². The first kappa shape index (κ1) is 18.2. The highest BCUT2D eigenvalue weighted by atomic mass is 16.5. The zero-order valence-electron chi connectivity index (χ0n) is 15.9. The van der Waals surface area contributed by atoms with Crippen LogP contribution in [0, 0.1) is 0 Å². The van der Waals surface area contributed by atoms with Gasteiger partial charge in [0.15, 0.2) is 5.69 Å². The second-order valence-corrected chi connectivity index (χ2v) is 7.09. The molecule has 1 N–H and O–H groups in total. The average Bonchev–Trinajstić information content (AvgIpc) is 2.75. The molecule has 0 atom stereocenters. The molecule has 1 saturated carbocycles. The Kier molecular flexibility index (Phi) is 5.10. The number of hydrogen-bond acceptors (Lipinski definition) is 4. The number of para-hydroxylation sites is 2. The van der Waals surface area contributed by atoms with E-state index in [9.17, 15) is 9.59 Å². The van der Waals surface area contributed by atoms with Crippen LogP contribution >= 0.6 is 0 Å². The minimum atomic E-state index is -0.283. The number of benzene rings is 2. The number of rotatable bonds is 4. The van der Waals surface area contributed by atoms with Crippen molar-refractivity contribution in [2.24, 2.45) is 0 Å². The van der Waals surface area contributed by atoms with Crippen LogP contribution < -0.4 is 15.6 Å². The van der Waals surface area contributed by atoms with Crippen LogP contribution in [0.15, 0.2) is 53.3 Å². The van der Waals surface area contributed by atoms with Crippen molar-refractivity contribution in [2.45, 2.75) is 38.1 Å².